The minimum absolute atomic E-state index is 0.0145. The summed E-state index contributed by atoms with van der Waals surface area (Å²) in [5.41, 5.74) is 3.05. The second-order valence-electron chi connectivity index (χ2n) is 8.27. The zero-order chi connectivity index (χ0) is 22.6. The number of benzene rings is 2. The number of carbonyl (C=O) groups is 1. The number of carbonyl (C=O) groups excluding carboxylic acids is 1. The number of fused-ring (bicyclic) bond motifs is 1. The number of nitrogens with zero attached hydrogens (tertiary/aromatic N) is 1. The predicted molar refractivity (Wildman–Crippen MR) is 124 cm³/mol. The summed E-state index contributed by atoms with van der Waals surface area (Å²) in [5.74, 6) is 0.220. The van der Waals surface area contributed by atoms with Crippen molar-refractivity contribution in [3.8, 4) is 5.75 Å². The van der Waals surface area contributed by atoms with Crippen LogP contribution < -0.4 is 15.4 Å². The molecular weight excluding hydrogens is 426 g/mol. The first-order chi connectivity index (χ1) is 15.5. The fourth-order valence-electron chi connectivity index (χ4n) is 4.49. The number of amides is 1. The lowest BCUT2D eigenvalue weighted by Crippen LogP contribution is -2.35. The standard InChI is InChI=1S/C24H31N3O4S/c1-2-31-22-13-12-19(16-23(22)32(29,30)27-14-5-6-15-27)25-17-24(28)26-21-11-7-9-18-8-3-4-10-20(18)21/h3-4,8,10,12-13,16,21,25H,2,5-7,9,11,14-15,17H2,1H3,(H,26,28). The number of hydrogen-bond acceptors (Lipinski definition) is 5. The van der Waals surface area contributed by atoms with E-state index < -0.39 is 10.0 Å². The second kappa shape index (κ2) is 9.92. The van der Waals surface area contributed by atoms with Crippen LogP contribution in [-0.4, -0.2) is 44.9 Å². The van der Waals surface area contributed by atoms with Crippen molar-refractivity contribution in [2.24, 2.45) is 0 Å². The van der Waals surface area contributed by atoms with Crippen LogP contribution in [0.3, 0.4) is 0 Å². The van der Waals surface area contributed by atoms with E-state index in [0.717, 1.165) is 32.1 Å². The van der Waals surface area contributed by atoms with E-state index in [1.54, 1.807) is 18.2 Å². The Morgan fingerprint density at radius 2 is 1.91 bits per heavy atom. The van der Waals surface area contributed by atoms with Crippen molar-refractivity contribution in [2.45, 2.75) is 50.0 Å². The van der Waals surface area contributed by atoms with Crippen LogP contribution in [0.4, 0.5) is 5.69 Å². The van der Waals surface area contributed by atoms with Gasteiger partial charge < -0.3 is 15.4 Å². The second-order valence-corrected chi connectivity index (χ2v) is 10.2. The lowest BCUT2D eigenvalue weighted by atomic mass is 9.88. The maximum atomic E-state index is 13.1. The van der Waals surface area contributed by atoms with Crippen LogP contribution >= 0.6 is 0 Å². The molecular formula is C24H31N3O4S. The van der Waals surface area contributed by atoms with Gasteiger partial charge in [0.15, 0.2) is 0 Å². The molecule has 2 aromatic carbocycles. The van der Waals surface area contributed by atoms with Crippen molar-refractivity contribution in [3.63, 3.8) is 0 Å². The summed E-state index contributed by atoms with van der Waals surface area (Å²) in [5, 5.41) is 6.19. The number of ether oxygens (including phenoxy) is 1. The van der Waals surface area contributed by atoms with E-state index >= 15 is 0 Å². The molecule has 1 amide bonds. The van der Waals surface area contributed by atoms with Crippen molar-refractivity contribution < 1.29 is 17.9 Å². The Morgan fingerprint density at radius 3 is 2.69 bits per heavy atom. The summed E-state index contributed by atoms with van der Waals surface area (Å²) < 4.78 is 33.4. The molecule has 1 fully saturated rings. The Morgan fingerprint density at radius 1 is 1.12 bits per heavy atom. The molecule has 2 aromatic rings. The lowest BCUT2D eigenvalue weighted by Gasteiger charge is -2.26. The van der Waals surface area contributed by atoms with E-state index in [1.807, 2.05) is 19.1 Å². The highest BCUT2D eigenvalue weighted by Crippen LogP contribution is 2.32. The van der Waals surface area contributed by atoms with Crippen LogP contribution in [0.2, 0.25) is 0 Å². The van der Waals surface area contributed by atoms with Crippen molar-refractivity contribution >= 4 is 21.6 Å². The molecule has 0 saturated carbocycles. The van der Waals surface area contributed by atoms with Gasteiger partial charge in [-0.05, 0) is 68.4 Å². The average Bonchev–Trinajstić information content (AvgIpc) is 3.35. The van der Waals surface area contributed by atoms with Gasteiger partial charge in [0, 0.05) is 18.8 Å². The van der Waals surface area contributed by atoms with Gasteiger partial charge >= 0.3 is 0 Å². The van der Waals surface area contributed by atoms with E-state index in [4.69, 9.17) is 4.74 Å². The summed E-state index contributed by atoms with van der Waals surface area (Å²) in [6.45, 7) is 3.32. The third-order valence-corrected chi connectivity index (χ3v) is 8.00. The average molecular weight is 458 g/mol. The highest BCUT2D eigenvalue weighted by Gasteiger charge is 2.30. The molecule has 1 aliphatic carbocycles. The van der Waals surface area contributed by atoms with Gasteiger partial charge in [-0.25, -0.2) is 8.42 Å². The summed E-state index contributed by atoms with van der Waals surface area (Å²) in [6.07, 6.45) is 4.74. The largest absolute Gasteiger partial charge is 0.492 e. The van der Waals surface area contributed by atoms with Gasteiger partial charge in [-0.3, -0.25) is 4.79 Å². The molecule has 1 heterocycles. The molecule has 0 bridgehead atoms. The van der Waals surface area contributed by atoms with Crippen molar-refractivity contribution in [2.75, 3.05) is 31.6 Å². The first kappa shape index (κ1) is 22.6. The third-order valence-electron chi connectivity index (χ3n) is 6.08. The minimum atomic E-state index is -3.64. The van der Waals surface area contributed by atoms with Gasteiger partial charge in [0.25, 0.3) is 0 Å². The molecule has 7 nitrogen and oxygen atoms in total. The van der Waals surface area contributed by atoms with Crippen LogP contribution in [0.15, 0.2) is 47.4 Å². The zero-order valence-electron chi connectivity index (χ0n) is 18.5. The summed E-state index contributed by atoms with van der Waals surface area (Å²) in [7, 11) is -3.64. The van der Waals surface area contributed by atoms with Crippen molar-refractivity contribution in [1.82, 2.24) is 9.62 Å². The maximum Gasteiger partial charge on any atom is 0.246 e. The number of rotatable bonds is 8. The molecule has 2 aliphatic rings. The fraction of sp³-hybridized carbons (Fsp3) is 0.458. The van der Waals surface area contributed by atoms with Crippen molar-refractivity contribution in [1.29, 1.82) is 0 Å². The highest BCUT2D eigenvalue weighted by molar-refractivity contribution is 7.89. The monoisotopic (exact) mass is 457 g/mol. The van der Waals surface area contributed by atoms with Gasteiger partial charge in [-0.15, -0.1) is 0 Å². The third kappa shape index (κ3) is 4.91. The Bertz CT molecular complexity index is 1060. The topological polar surface area (TPSA) is 87.7 Å². The van der Waals surface area contributed by atoms with Crippen LogP contribution in [0.1, 0.15) is 49.8 Å². The normalized spacial score (nSPS) is 18.7. The predicted octanol–water partition coefficient (Wildman–Crippen LogP) is 3.48. The van der Waals surface area contributed by atoms with Crippen LogP contribution in [-0.2, 0) is 21.2 Å². The van der Waals surface area contributed by atoms with Crippen LogP contribution in [0.5, 0.6) is 5.75 Å². The Kier molecular flexibility index (Phi) is 7.01. The van der Waals surface area contributed by atoms with E-state index in [-0.39, 0.29) is 23.4 Å². The lowest BCUT2D eigenvalue weighted by molar-refractivity contribution is -0.120. The molecule has 32 heavy (non-hydrogen) atoms. The molecule has 4 rings (SSSR count). The molecule has 0 radical (unpaired) electrons. The smallest absolute Gasteiger partial charge is 0.246 e. The number of nitrogens with one attached hydrogen (secondary N) is 2. The Hall–Kier alpha value is -2.58. The highest BCUT2D eigenvalue weighted by atomic mass is 32.2. The number of aryl methyl sites for hydroxylation is 1. The van der Waals surface area contributed by atoms with Gasteiger partial charge in [0.05, 0.1) is 19.2 Å². The Labute approximate surface area is 190 Å². The number of anilines is 1. The van der Waals surface area contributed by atoms with Crippen molar-refractivity contribution in [3.05, 3.63) is 53.6 Å². The molecule has 1 aliphatic heterocycles. The molecule has 1 unspecified atom stereocenters. The van der Waals surface area contributed by atoms with E-state index in [9.17, 15) is 13.2 Å². The summed E-state index contributed by atoms with van der Waals surface area (Å²) in [6, 6.07) is 13.2. The first-order valence-corrected chi connectivity index (χ1v) is 12.8. The summed E-state index contributed by atoms with van der Waals surface area (Å²) in [4.78, 5) is 12.8. The Balaban J connectivity index is 1.45. The minimum Gasteiger partial charge on any atom is -0.492 e. The number of sulfonamides is 1. The molecule has 1 saturated heterocycles. The molecule has 1 atom stereocenters. The molecule has 0 spiro atoms. The van der Waals surface area contributed by atoms with E-state index in [1.165, 1.54) is 15.4 Å². The van der Waals surface area contributed by atoms with E-state index in [2.05, 4.69) is 22.8 Å². The van der Waals surface area contributed by atoms with Crippen LogP contribution in [0.25, 0.3) is 0 Å². The maximum absolute atomic E-state index is 13.1. The molecule has 2 N–H and O–H groups in total. The fourth-order valence-corrected chi connectivity index (χ4v) is 6.17. The first-order valence-electron chi connectivity index (χ1n) is 11.4. The zero-order valence-corrected chi connectivity index (χ0v) is 19.3. The van der Waals surface area contributed by atoms with Gasteiger partial charge in [0.1, 0.15) is 10.6 Å². The molecule has 172 valence electrons. The van der Waals surface area contributed by atoms with Gasteiger partial charge in [-0.2, -0.15) is 4.31 Å². The quantitative estimate of drug-likeness (QED) is 0.634. The van der Waals surface area contributed by atoms with Gasteiger partial charge in [-0.1, -0.05) is 24.3 Å². The van der Waals surface area contributed by atoms with Gasteiger partial charge in [0.2, 0.25) is 15.9 Å². The molecule has 0 aromatic heterocycles. The summed E-state index contributed by atoms with van der Waals surface area (Å²) >= 11 is 0. The van der Waals surface area contributed by atoms with E-state index in [0.29, 0.717) is 31.1 Å². The molecule has 8 heteroatoms. The SMILES string of the molecule is CCOc1ccc(NCC(=O)NC2CCCc3ccccc32)cc1S(=O)(=O)N1CCCC1. The number of hydrogen-bond donors (Lipinski definition) is 2. The van der Waals surface area contributed by atoms with Crippen LogP contribution in [0, 0.1) is 0 Å².